The van der Waals surface area contributed by atoms with E-state index in [1.807, 2.05) is 23.9 Å². The van der Waals surface area contributed by atoms with E-state index in [0.717, 1.165) is 18.0 Å². The fraction of sp³-hybridized carbons (Fsp3) is 0.385. The van der Waals surface area contributed by atoms with E-state index in [0.29, 0.717) is 16.8 Å². The third-order valence-corrected chi connectivity index (χ3v) is 4.32. The van der Waals surface area contributed by atoms with Crippen molar-refractivity contribution in [2.75, 3.05) is 11.5 Å². The van der Waals surface area contributed by atoms with Crippen LogP contribution < -0.4 is 10.5 Å². The van der Waals surface area contributed by atoms with Crippen LogP contribution in [0, 0.1) is 0 Å². The van der Waals surface area contributed by atoms with Gasteiger partial charge >= 0.3 is 0 Å². The van der Waals surface area contributed by atoms with Gasteiger partial charge in [-0.25, -0.2) is 0 Å². The zero-order valence-electron chi connectivity index (χ0n) is 10.4. The van der Waals surface area contributed by atoms with Gasteiger partial charge < -0.3 is 15.0 Å². The molecule has 0 aliphatic carbocycles. The molecule has 1 aromatic carbocycles. The zero-order valence-corrected chi connectivity index (χ0v) is 11.2. The van der Waals surface area contributed by atoms with Gasteiger partial charge in [0.05, 0.1) is 5.25 Å². The second-order valence-corrected chi connectivity index (χ2v) is 5.72. The third-order valence-electron chi connectivity index (χ3n) is 2.94. The first kappa shape index (κ1) is 12.3. The minimum atomic E-state index is 0.286. The zero-order chi connectivity index (χ0) is 13.1. The lowest BCUT2D eigenvalue weighted by Crippen LogP contribution is -1.97. The summed E-state index contributed by atoms with van der Waals surface area (Å²) >= 11 is 1.89. The molecule has 1 aliphatic heterocycles. The topological polar surface area (TPSA) is 74.2 Å². The first-order valence-electron chi connectivity index (χ1n) is 6.24. The van der Waals surface area contributed by atoms with E-state index in [1.165, 1.54) is 12.2 Å². The van der Waals surface area contributed by atoms with Crippen LogP contribution in [0.5, 0.6) is 5.75 Å². The van der Waals surface area contributed by atoms with E-state index in [1.54, 1.807) is 12.1 Å². The third kappa shape index (κ3) is 3.01. The van der Waals surface area contributed by atoms with Gasteiger partial charge in [-0.1, -0.05) is 5.16 Å². The smallest absolute Gasteiger partial charge is 0.264 e. The number of anilines is 1. The van der Waals surface area contributed by atoms with E-state index >= 15 is 0 Å². The lowest BCUT2D eigenvalue weighted by Gasteiger charge is -2.02. The highest BCUT2D eigenvalue weighted by molar-refractivity contribution is 7.99. The fourth-order valence-corrected chi connectivity index (χ4v) is 3.14. The van der Waals surface area contributed by atoms with Crippen LogP contribution >= 0.6 is 11.8 Å². The van der Waals surface area contributed by atoms with Gasteiger partial charge in [0.25, 0.3) is 5.89 Å². The molecule has 0 radical (unpaired) electrons. The molecule has 1 saturated heterocycles. The number of hydrogen-bond donors (Lipinski definition) is 1. The lowest BCUT2D eigenvalue weighted by atomic mass is 10.2. The van der Waals surface area contributed by atoms with E-state index in [-0.39, 0.29) is 6.61 Å². The van der Waals surface area contributed by atoms with Crippen LogP contribution in [0.2, 0.25) is 0 Å². The predicted octanol–water partition coefficient (Wildman–Crippen LogP) is 2.80. The molecule has 1 aliphatic rings. The van der Waals surface area contributed by atoms with Gasteiger partial charge in [-0.3, -0.25) is 0 Å². The Bertz CT molecular complexity index is 535. The quantitative estimate of drug-likeness (QED) is 0.866. The number of nitrogens with two attached hydrogens (primary N) is 1. The summed E-state index contributed by atoms with van der Waals surface area (Å²) < 4.78 is 10.8. The molecular weight excluding hydrogens is 262 g/mol. The fourth-order valence-electron chi connectivity index (χ4n) is 1.95. The monoisotopic (exact) mass is 277 g/mol. The first-order chi connectivity index (χ1) is 9.31. The summed E-state index contributed by atoms with van der Waals surface area (Å²) in [5.41, 5.74) is 6.32. The summed E-state index contributed by atoms with van der Waals surface area (Å²) in [6.07, 6.45) is 2.35. The maximum Gasteiger partial charge on any atom is 0.264 e. The Morgan fingerprint density at radius 3 is 2.95 bits per heavy atom. The second kappa shape index (κ2) is 5.52. The Hall–Kier alpha value is -1.69. The van der Waals surface area contributed by atoms with E-state index in [9.17, 15) is 0 Å². The van der Waals surface area contributed by atoms with Crippen molar-refractivity contribution in [2.45, 2.75) is 24.7 Å². The van der Waals surface area contributed by atoms with Crippen LogP contribution in [0.15, 0.2) is 28.8 Å². The molecule has 19 heavy (non-hydrogen) atoms. The maximum absolute atomic E-state index is 5.61. The molecule has 2 aromatic rings. The summed E-state index contributed by atoms with van der Waals surface area (Å²) in [5, 5.41) is 4.40. The van der Waals surface area contributed by atoms with Gasteiger partial charge in [0.2, 0.25) is 0 Å². The van der Waals surface area contributed by atoms with Crippen molar-refractivity contribution in [1.29, 1.82) is 0 Å². The van der Waals surface area contributed by atoms with E-state index < -0.39 is 0 Å². The van der Waals surface area contributed by atoms with Gasteiger partial charge in [0.15, 0.2) is 12.4 Å². The van der Waals surface area contributed by atoms with Crippen LogP contribution in [-0.2, 0) is 6.61 Å². The van der Waals surface area contributed by atoms with Gasteiger partial charge in [-0.15, -0.1) is 0 Å². The Labute approximate surface area is 115 Å². The molecule has 100 valence electrons. The van der Waals surface area contributed by atoms with Crippen molar-refractivity contribution in [3.8, 4) is 5.75 Å². The number of ether oxygens (including phenoxy) is 1. The number of hydrogen-bond acceptors (Lipinski definition) is 6. The first-order valence-corrected chi connectivity index (χ1v) is 7.28. The maximum atomic E-state index is 5.61. The van der Waals surface area contributed by atoms with Crippen molar-refractivity contribution in [2.24, 2.45) is 0 Å². The number of rotatable bonds is 4. The molecule has 6 heteroatoms. The Kier molecular flexibility index (Phi) is 3.59. The SMILES string of the molecule is Nc1ccc(OCc2nc(C3CCCS3)no2)cc1. The molecule has 0 spiro atoms. The highest BCUT2D eigenvalue weighted by atomic mass is 32.2. The van der Waals surface area contributed by atoms with Crippen molar-refractivity contribution >= 4 is 17.4 Å². The highest BCUT2D eigenvalue weighted by Crippen LogP contribution is 2.38. The van der Waals surface area contributed by atoms with Crippen LogP contribution in [0.4, 0.5) is 5.69 Å². The average Bonchev–Trinajstić information content (AvgIpc) is 3.09. The Balaban J connectivity index is 1.59. The van der Waals surface area contributed by atoms with Crippen molar-refractivity contribution in [3.05, 3.63) is 36.0 Å². The molecule has 2 N–H and O–H groups in total. The molecule has 1 aromatic heterocycles. The number of nitrogens with zero attached hydrogens (tertiary/aromatic N) is 2. The number of thioether (sulfide) groups is 1. The van der Waals surface area contributed by atoms with Crippen molar-refractivity contribution < 1.29 is 9.26 Å². The van der Waals surface area contributed by atoms with Gasteiger partial charge in [0.1, 0.15) is 5.75 Å². The molecule has 2 heterocycles. The minimum absolute atomic E-state index is 0.286. The second-order valence-electron chi connectivity index (χ2n) is 4.41. The Morgan fingerprint density at radius 1 is 1.37 bits per heavy atom. The largest absolute Gasteiger partial charge is 0.484 e. The van der Waals surface area contributed by atoms with Crippen LogP contribution in [0.1, 0.15) is 29.8 Å². The molecule has 0 saturated carbocycles. The van der Waals surface area contributed by atoms with Crippen LogP contribution in [0.3, 0.4) is 0 Å². The van der Waals surface area contributed by atoms with Gasteiger partial charge in [0, 0.05) is 5.69 Å². The van der Waals surface area contributed by atoms with Crippen LogP contribution in [-0.4, -0.2) is 15.9 Å². The summed E-state index contributed by atoms with van der Waals surface area (Å²) in [7, 11) is 0. The van der Waals surface area contributed by atoms with Crippen molar-refractivity contribution in [1.82, 2.24) is 10.1 Å². The standard InChI is InChI=1S/C13H15N3O2S/c14-9-3-5-10(6-4-9)17-8-12-15-13(16-18-12)11-2-1-7-19-11/h3-6,11H,1-2,7-8,14H2. The number of nitrogen functional groups attached to an aromatic ring is 1. The number of aromatic nitrogens is 2. The van der Waals surface area contributed by atoms with E-state index in [2.05, 4.69) is 10.1 Å². The molecule has 3 rings (SSSR count). The minimum Gasteiger partial charge on any atom is -0.484 e. The Morgan fingerprint density at radius 2 is 2.21 bits per heavy atom. The van der Waals surface area contributed by atoms with Gasteiger partial charge in [-0.2, -0.15) is 16.7 Å². The molecular formula is C13H15N3O2S. The van der Waals surface area contributed by atoms with E-state index in [4.69, 9.17) is 15.0 Å². The predicted molar refractivity (Wildman–Crippen MR) is 73.9 cm³/mol. The molecule has 0 bridgehead atoms. The molecule has 0 amide bonds. The number of benzene rings is 1. The summed E-state index contributed by atoms with van der Waals surface area (Å²) in [6, 6.07) is 7.23. The van der Waals surface area contributed by atoms with Crippen molar-refractivity contribution in [3.63, 3.8) is 0 Å². The van der Waals surface area contributed by atoms with Gasteiger partial charge in [-0.05, 0) is 42.9 Å². The summed E-state index contributed by atoms with van der Waals surface area (Å²) in [6.45, 7) is 0.286. The molecule has 5 nitrogen and oxygen atoms in total. The summed E-state index contributed by atoms with van der Waals surface area (Å²) in [5.74, 6) is 3.22. The normalized spacial score (nSPS) is 18.6. The molecule has 1 fully saturated rings. The highest BCUT2D eigenvalue weighted by Gasteiger charge is 2.22. The lowest BCUT2D eigenvalue weighted by molar-refractivity contribution is 0.242. The average molecular weight is 277 g/mol. The summed E-state index contributed by atoms with van der Waals surface area (Å²) in [4.78, 5) is 4.38. The van der Waals surface area contributed by atoms with Crippen LogP contribution in [0.25, 0.3) is 0 Å². The molecule has 1 unspecified atom stereocenters. The molecule has 1 atom stereocenters.